The molecule has 2 N–H and O–H groups in total. The van der Waals surface area contributed by atoms with Gasteiger partial charge in [0.2, 0.25) is 5.91 Å². The van der Waals surface area contributed by atoms with Gasteiger partial charge in [-0.3, -0.25) is 9.59 Å². The highest BCUT2D eigenvalue weighted by molar-refractivity contribution is 7.99. The largest absolute Gasteiger partial charge is 0.433 e. The first-order chi connectivity index (χ1) is 19.7. The average Bonchev–Trinajstić information content (AvgIpc) is 3.33. The molecule has 0 fully saturated rings. The van der Waals surface area contributed by atoms with Crippen molar-refractivity contribution in [3.05, 3.63) is 92.9 Å². The van der Waals surface area contributed by atoms with Gasteiger partial charge in [0.25, 0.3) is 5.91 Å². The fourth-order valence-corrected chi connectivity index (χ4v) is 6.54. The summed E-state index contributed by atoms with van der Waals surface area (Å²) >= 11 is 8.08. The van der Waals surface area contributed by atoms with Crippen LogP contribution < -0.4 is 10.6 Å². The molecule has 5 rings (SSSR count). The molecule has 6 nitrogen and oxygen atoms in total. The first kappa shape index (κ1) is 29.1. The molecule has 2 heterocycles. The Hall–Kier alpha value is -3.41. The Morgan fingerprint density at radius 3 is 2.46 bits per heavy atom. The molecule has 0 aliphatic heterocycles. The van der Waals surface area contributed by atoms with E-state index >= 15 is 0 Å². The summed E-state index contributed by atoms with van der Waals surface area (Å²) in [7, 11) is 0. The van der Waals surface area contributed by atoms with Crippen LogP contribution in [0.5, 0.6) is 0 Å². The van der Waals surface area contributed by atoms with Gasteiger partial charge >= 0.3 is 6.18 Å². The number of aromatic nitrogens is 2. The van der Waals surface area contributed by atoms with Crippen LogP contribution in [0.2, 0.25) is 5.02 Å². The van der Waals surface area contributed by atoms with E-state index in [0.717, 1.165) is 59.5 Å². The van der Waals surface area contributed by atoms with Gasteiger partial charge in [0.1, 0.15) is 10.7 Å². The second-order valence-corrected chi connectivity index (χ2v) is 11.8. The van der Waals surface area contributed by atoms with Crippen molar-refractivity contribution in [1.29, 1.82) is 0 Å². The van der Waals surface area contributed by atoms with Crippen molar-refractivity contribution in [1.82, 2.24) is 15.3 Å². The number of rotatable bonds is 8. The van der Waals surface area contributed by atoms with Gasteiger partial charge in [0.15, 0.2) is 5.16 Å². The first-order valence-corrected chi connectivity index (χ1v) is 15.0. The molecule has 212 valence electrons. The maximum Gasteiger partial charge on any atom is 0.433 e. The summed E-state index contributed by atoms with van der Waals surface area (Å²) in [6.07, 6.45) is -1.16. The fraction of sp³-hybridized carbons (Fsp3) is 0.241. The zero-order valence-corrected chi connectivity index (χ0v) is 23.9. The van der Waals surface area contributed by atoms with Crippen LogP contribution >= 0.6 is 34.7 Å². The number of halogens is 4. The van der Waals surface area contributed by atoms with Crippen LogP contribution in [0.25, 0.3) is 11.3 Å². The number of thiophene rings is 1. The molecule has 0 bridgehead atoms. The van der Waals surface area contributed by atoms with Crippen LogP contribution in [0.15, 0.2) is 65.8 Å². The smallest absolute Gasteiger partial charge is 0.348 e. The molecule has 0 spiro atoms. The van der Waals surface area contributed by atoms with Gasteiger partial charge in [-0.05, 0) is 55.0 Å². The predicted molar refractivity (Wildman–Crippen MR) is 155 cm³/mol. The van der Waals surface area contributed by atoms with Gasteiger partial charge in [-0.15, -0.1) is 11.3 Å². The van der Waals surface area contributed by atoms with E-state index < -0.39 is 17.8 Å². The van der Waals surface area contributed by atoms with Crippen LogP contribution in [-0.4, -0.2) is 27.5 Å². The van der Waals surface area contributed by atoms with Crippen molar-refractivity contribution in [2.24, 2.45) is 0 Å². The quantitative estimate of drug-likeness (QED) is 0.159. The number of carbonyl (C=O) groups is 2. The summed E-state index contributed by atoms with van der Waals surface area (Å²) in [4.78, 5) is 35.2. The number of anilines is 1. The molecule has 2 aromatic heterocycles. The van der Waals surface area contributed by atoms with Gasteiger partial charge < -0.3 is 10.6 Å². The SMILES string of the molecule is O=C(CSc1nc(-c2ccc(Cl)cc2)cc(C(F)(F)F)n1)Nc1sc2c(c1C(=O)NCc1ccccc1)CCCC2. The van der Waals surface area contributed by atoms with Crippen molar-refractivity contribution < 1.29 is 22.8 Å². The summed E-state index contributed by atoms with van der Waals surface area (Å²) in [6, 6.07) is 16.6. The Balaban J connectivity index is 1.32. The minimum absolute atomic E-state index is 0.0650. The molecule has 2 aromatic carbocycles. The zero-order chi connectivity index (χ0) is 29.0. The number of benzene rings is 2. The van der Waals surface area contributed by atoms with Crippen LogP contribution in [0.1, 0.15) is 44.9 Å². The van der Waals surface area contributed by atoms with Crippen LogP contribution in [0, 0.1) is 0 Å². The molecule has 0 unspecified atom stereocenters. The van der Waals surface area contributed by atoms with E-state index in [4.69, 9.17) is 11.6 Å². The standard InChI is InChI=1S/C29H24ClF3N4O2S2/c30-19-12-10-18(11-13-19)21-14-23(29(31,32)33)36-28(35-21)40-16-24(38)37-27-25(20-8-4-5-9-22(20)41-27)26(39)34-15-17-6-2-1-3-7-17/h1-3,6-7,10-14H,4-5,8-9,15-16H2,(H,34,39)(H,37,38). The van der Waals surface area contributed by atoms with Crippen LogP contribution in [0.3, 0.4) is 0 Å². The number of carbonyl (C=O) groups excluding carboxylic acids is 2. The average molecular weight is 617 g/mol. The van der Waals surface area contributed by atoms with Gasteiger partial charge in [-0.25, -0.2) is 9.97 Å². The number of amides is 2. The highest BCUT2D eigenvalue weighted by Crippen LogP contribution is 2.38. The number of hydrogen-bond acceptors (Lipinski definition) is 6. The lowest BCUT2D eigenvalue weighted by atomic mass is 9.95. The Kier molecular flexibility index (Phi) is 8.96. The molecule has 0 radical (unpaired) electrons. The molecule has 2 amide bonds. The molecule has 1 aliphatic carbocycles. The van der Waals surface area contributed by atoms with Crippen molar-refractivity contribution in [3.63, 3.8) is 0 Å². The van der Waals surface area contributed by atoms with E-state index in [1.165, 1.54) is 11.3 Å². The second kappa shape index (κ2) is 12.6. The van der Waals surface area contributed by atoms with Gasteiger partial charge in [0, 0.05) is 22.0 Å². The van der Waals surface area contributed by atoms with Gasteiger partial charge in [-0.2, -0.15) is 13.2 Å². The highest BCUT2D eigenvalue weighted by atomic mass is 35.5. The lowest BCUT2D eigenvalue weighted by Gasteiger charge is -2.13. The molecular weight excluding hydrogens is 593 g/mol. The normalized spacial score (nSPS) is 13.0. The zero-order valence-electron chi connectivity index (χ0n) is 21.6. The Bertz CT molecular complexity index is 1560. The van der Waals surface area contributed by atoms with E-state index in [9.17, 15) is 22.8 Å². The third kappa shape index (κ3) is 7.27. The maximum atomic E-state index is 13.6. The number of fused-ring (bicyclic) bond motifs is 1. The molecule has 0 saturated carbocycles. The number of alkyl halides is 3. The lowest BCUT2D eigenvalue weighted by Crippen LogP contribution is -2.25. The summed E-state index contributed by atoms with van der Waals surface area (Å²) < 4.78 is 40.7. The van der Waals surface area contributed by atoms with E-state index in [1.807, 2.05) is 30.3 Å². The van der Waals surface area contributed by atoms with Gasteiger partial charge in [-0.1, -0.05) is 65.8 Å². The summed E-state index contributed by atoms with van der Waals surface area (Å²) in [5, 5.41) is 6.46. The van der Waals surface area contributed by atoms with Crippen molar-refractivity contribution in [2.75, 3.05) is 11.1 Å². The predicted octanol–water partition coefficient (Wildman–Crippen LogP) is 7.42. The third-order valence-corrected chi connectivity index (χ3v) is 8.72. The molecule has 12 heteroatoms. The first-order valence-electron chi connectivity index (χ1n) is 12.8. The topological polar surface area (TPSA) is 84.0 Å². The van der Waals surface area contributed by atoms with Crippen molar-refractivity contribution >= 4 is 51.5 Å². The van der Waals surface area contributed by atoms with E-state index in [1.54, 1.807) is 24.3 Å². The molecule has 0 saturated heterocycles. The Labute approximate surface area is 247 Å². The van der Waals surface area contributed by atoms with Crippen LogP contribution in [0.4, 0.5) is 18.2 Å². The summed E-state index contributed by atoms with van der Waals surface area (Å²) in [5.74, 6) is -0.987. The maximum absolute atomic E-state index is 13.6. The van der Waals surface area contributed by atoms with Crippen LogP contribution in [-0.2, 0) is 30.4 Å². The van der Waals surface area contributed by atoms with E-state index in [0.29, 0.717) is 27.7 Å². The lowest BCUT2D eigenvalue weighted by molar-refractivity contribution is -0.141. The molecule has 41 heavy (non-hydrogen) atoms. The van der Waals surface area contributed by atoms with Gasteiger partial charge in [0.05, 0.1) is 17.0 Å². The number of thioether (sulfide) groups is 1. The fourth-order valence-electron chi connectivity index (χ4n) is 4.46. The number of nitrogens with zero attached hydrogens (tertiary/aromatic N) is 2. The van der Waals surface area contributed by atoms with E-state index in [2.05, 4.69) is 20.6 Å². The molecular formula is C29H24ClF3N4O2S2. The minimum Gasteiger partial charge on any atom is -0.348 e. The summed E-state index contributed by atoms with van der Waals surface area (Å²) in [5.41, 5.74) is 1.75. The Morgan fingerprint density at radius 2 is 1.73 bits per heavy atom. The third-order valence-electron chi connectivity index (χ3n) is 6.42. The Morgan fingerprint density at radius 1 is 1.00 bits per heavy atom. The minimum atomic E-state index is -4.69. The molecule has 4 aromatic rings. The number of aryl methyl sites for hydroxylation is 1. The molecule has 0 atom stereocenters. The highest BCUT2D eigenvalue weighted by Gasteiger charge is 2.34. The van der Waals surface area contributed by atoms with Crippen molar-refractivity contribution in [2.45, 2.75) is 43.6 Å². The molecule has 1 aliphatic rings. The second-order valence-electron chi connectivity index (χ2n) is 9.35. The number of hydrogen-bond donors (Lipinski definition) is 2. The monoisotopic (exact) mass is 616 g/mol. The number of nitrogens with one attached hydrogen (secondary N) is 2. The van der Waals surface area contributed by atoms with E-state index in [-0.39, 0.29) is 22.5 Å². The van der Waals surface area contributed by atoms with Crippen molar-refractivity contribution in [3.8, 4) is 11.3 Å². The summed E-state index contributed by atoms with van der Waals surface area (Å²) in [6.45, 7) is 0.344.